The van der Waals surface area contributed by atoms with Gasteiger partial charge in [-0.25, -0.2) is 14.8 Å². The van der Waals surface area contributed by atoms with Crippen LogP contribution in [-0.2, 0) is 11.3 Å². The Bertz CT molecular complexity index is 562. The van der Waals surface area contributed by atoms with Gasteiger partial charge in [0, 0.05) is 4.88 Å². The first kappa shape index (κ1) is 13.0. The van der Waals surface area contributed by atoms with Gasteiger partial charge in [0.25, 0.3) is 0 Å². The molecule has 0 bridgehead atoms. The van der Waals surface area contributed by atoms with Crippen LogP contribution in [0.25, 0.3) is 0 Å². The summed E-state index contributed by atoms with van der Waals surface area (Å²) in [6.45, 7) is 4.44. The van der Waals surface area contributed by atoms with Crippen molar-refractivity contribution in [2.45, 2.75) is 20.4 Å². The summed E-state index contributed by atoms with van der Waals surface area (Å²) in [5, 5.41) is 3.92. The second kappa shape index (κ2) is 5.45. The average Bonchev–Trinajstić information content (AvgIpc) is 2.92. The van der Waals surface area contributed by atoms with Crippen LogP contribution in [0.1, 0.15) is 25.9 Å². The molecular weight excluding hydrogens is 270 g/mol. The van der Waals surface area contributed by atoms with Crippen molar-refractivity contribution in [2.75, 3.05) is 12.4 Å². The summed E-state index contributed by atoms with van der Waals surface area (Å²) in [7, 11) is 1.37. The molecule has 2 aromatic heterocycles. The van der Waals surface area contributed by atoms with Gasteiger partial charge in [-0.1, -0.05) is 11.3 Å². The van der Waals surface area contributed by atoms with Crippen molar-refractivity contribution < 1.29 is 9.53 Å². The summed E-state index contributed by atoms with van der Waals surface area (Å²) >= 11 is 2.91. The van der Waals surface area contributed by atoms with E-state index in [4.69, 9.17) is 4.74 Å². The van der Waals surface area contributed by atoms with Gasteiger partial charge in [-0.2, -0.15) is 0 Å². The van der Waals surface area contributed by atoms with Crippen LogP contribution in [0.4, 0.5) is 5.13 Å². The number of nitrogens with zero attached hydrogens (tertiary/aromatic N) is 2. The number of rotatable bonds is 4. The van der Waals surface area contributed by atoms with Gasteiger partial charge in [0.05, 0.1) is 30.6 Å². The minimum Gasteiger partial charge on any atom is -0.465 e. The van der Waals surface area contributed by atoms with Gasteiger partial charge < -0.3 is 10.1 Å². The molecule has 2 aromatic rings. The molecule has 0 spiro atoms. The van der Waals surface area contributed by atoms with Gasteiger partial charge in [0.15, 0.2) is 5.13 Å². The van der Waals surface area contributed by atoms with Crippen LogP contribution in [0.15, 0.2) is 5.51 Å². The molecule has 0 aliphatic carbocycles. The Labute approximate surface area is 113 Å². The summed E-state index contributed by atoms with van der Waals surface area (Å²) in [5.74, 6) is -0.341. The number of thiazole rings is 2. The standard InChI is InChI=1S/C11H13N3O2S2/c1-6-8(17-5-13-6)4-12-11-14-7(2)9(18-11)10(15)16-3/h5H,4H2,1-3H3,(H,12,14). The first-order chi connectivity index (χ1) is 8.61. The van der Waals surface area contributed by atoms with Crippen LogP contribution < -0.4 is 5.32 Å². The zero-order valence-electron chi connectivity index (χ0n) is 10.3. The van der Waals surface area contributed by atoms with E-state index in [1.807, 2.05) is 12.4 Å². The van der Waals surface area contributed by atoms with Gasteiger partial charge in [-0.05, 0) is 13.8 Å². The Hall–Kier alpha value is -1.47. The quantitative estimate of drug-likeness (QED) is 0.874. The van der Waals surface area contributed by atoms with Crippen LogP contribution in [0.5, 0.6) is 0 Å². The predicted octanol–water partition coefficient (Wildman–Crippen LogP) is 2.62. The topological polar surface area (TPSA) is 64.1 Å². The largest absolute Gasteiger partial charge is 0.465 e. The first-order valence-corrected chi connectivity index (χ1v) is 7.00. The predicted molar refractivity (Wildman–Crippen MR) is 72.4 cm³/mol. The molecule has 0 amide bonds. The lowest BCUT2D eigenvalue weighted by Gasteiger charge is -1.99. The maximum atomic E-state index is 11.4. The summed E-state index contributed by atoms with van der Waals surface area (Å²) in [4.78, 5) is 21.6. The molecule has 5 nitrogen and oxygen atoms in total. The van der Waals surface area contributed by atoms with Crippen LogP contribution in [-0.4, -0.2) is 23.0 Å². The minimum atomic E-state index is -0.341. The second-order valence-electron chi connectivity index (χ2n) is 3.64. The summed E-state index contributed by atoms with van der Waals surface area (Å²) in [6.07, 6.45) is 0. The zero-order valence-corrected chi connectivity index (χ0v) is 11.9. The number of esters is 1. The fraction of sp³-hybridized carbons (Fsp3) is 0.364. The molecule has 0 saturated carbocycles. The fourth-order valence-electron chi connectivity index (χ4n) is 1.41. The average molecular weight is 283 g/mol. The highest BCUT2D eigenvalue weighted by atomic mass is 32.1. The molecule has 0 atom stereocenters. The number of carbonyl (C=O) groups excluding carboxylic acids is 1. The third kappa shape index (κ3) is 2.68. The minimum absolute atomic E-state index is 0.341. The maximum absolute atomic E-state index is 11.4. The van der Waals surface area contributed by atoms with Gasteiger partial charge in [-0.15, -0.1) is 11.3 Å². The normalized spacial score (nSPS) is 10.4. The number of aromatic nitrogens is 2. The molecule has 0 fully saturated rings. The summed E-state index contributed by atoms with van der Waals surface area (Å²) in [6, 6.07) is 0. The van der Waals surface area contributed by atoms with E-state index in [1.165, 1.54) is 23.3 Å². The smallest absolute Gasteiger partial charge is 0.350 e. The Morgan fingerprint density at radius 2 is 2.22 bits per heavy atom. The Morgan fingerprint density at radius 3 is 2.83 bits per heavy atom. The number of aryl methyl sites for hydroxylation is 2. The molecule has 0 unspecified atom stereocenters. The van der Waals surface area contributed by atoms with Gasteiger partial charge in [0.1, 0.15) is 4.88 Å². The lowest BCUT2D eigenvalue weighted by Crippen LogP contribution is -1.99. The fourth-order valence-corrected chi connectivity index (χ4v) is 3.00. The molecule has 18 heavy (non-hydrogen) atoms. The molecule has 7 heteroatoms. The highest BCUT2D eigenvalue weighted by molar-refractivity contribution is 7.17. The van der Waals surface area contributed by atoms with E-state index in [1.54, 1.807) is 18.3 Å². The Morgan fingerprint density at radius 1 is 1.44 bits per heavy atom. The number of anilines is 1. The lowest BCUT2D eigenvalue weighted by molar-refractivity contribution is 0.0605. The number of ether oxygens (including phenoxy) is 1. The van der Waals surface area contributed by atoms with E-state index < -0.39 is 0 Å². The monoisotopic (exact) mass is 283 g/mol. The second-order valence-corrected chi connectivity index (χ2v) is 5.58. The van der Waals surface area contributed by atoms with Crippen molar-refractivity contribution in [2.24, 2.45) is 0 Å². The number of nitrogens with one attached hydrogen (secondary N) is 1. The molecule has 2 rings (SSSR count). The molecule has 96 valence electrons. The van der Waals surface area contributed by atoms with Crippen molar-refractivity contribution in [1.29, 1.82) is 0 Å². The van der Waals surface area contributed by atoms with Crippen LogP contribution in [0, 0.1) is 13.8 Å². The molecule has 1 N–H and O–H groups in total. The van der Waals surface area contributed by atoms with Gasteiger partial charge >= 0.3 is 5.97 Å². The number of hydrogen-bond acceptors (Lipinski definition) is 7. The molecular formula is C11H13N3O2S2. The molecule has 2 heterocycles. The van der Waals surface area contributed by atoms with Crippen molar-refractivity contribution in [3.05, 3.63) is 26.7 Å². The molecule has 0 saturated heterocycles. The van der Waals surface area contributed by atoms with Gasteiger partial charge in [0.2, 0.25) is 0 Å². The highest BCUT2D eigenvalue weighted by Crippen LogP contribution is 2.24. The van der Waals surface area contributed by atoms with E-state index in [2.05, 4.69) is 15.3 Å². The molecule has 0 aromatic carbocycles. The Kier molecular flexibility index (Phi) is 3.93. The van der Waals surface area contributed by atoms with E-state index >= 15 is 0 Å². The number of carbonyl (C=O) groups is 1. The van der Waals surface area contributed by atoms with E-state index in [9.17, 15) is 4.79 Å². The molecule has 0 aliphatic heterocycles. The summed E-state index contributed by atoms with van der Waals surface area (Å²) < 4.78 is 4.70. The zero-order chi connectivity index (χ0) is 13.1. The van der Waals surface area contributed by atoms with Crippen molar-refractivity contribution in [1.82, 2.24) is 9.97 Å². The van der Waals surface area contributed by atoms with Crippen LogP contribution in [0.3, 0.4) is 0 Å². The van der Waals surface area contributed by atoms with E-state index in [0.29, 0.717) is 17.1 Å². The lowest BCUT2D eigenvalue weighted by atomic mass is 10.4. The summed E-state index contributed by atoms with van der Waals surface area (Å²) in [5.41, 5.74) is 3.53. The maximum Gasteiger partial charge on any atom is 0.350 e. The van der Waals surface area contributed by atoms with E-state index in [-0.39, 0.29) is 5.97 Å². The van der Waals surface area contributed by atoms with E-state index in [0.717, 1.165) is 10.8 Å². The Balaban J connectivity index is 2.07. The van der Waals surface area contributed by atoms with Crippen molar-refractivity contribution in [3.63, 3.8) is 0 Å². The first-order valence-electron chi connectivity index (χ1n) is 5.30. The highest BCUT2D eigenvalue weighted by Gasteiger charge is 2.15. The SMILES string of the molecule is COC(=O)c1sc(NCc2scnc2C)nc1C. The third-order valence-electron chi connectivity index (χ3n) is 2.41. The van der Waals surface area contributed by atoms with Crippen molar-refractivity contribution >= 4 is 33.8 Å². The molecule has 0 aliphatic rings. The number of hydrogen-bond donors (Lipinski definition) is 1. The van der Waals surface area contributed by atoms with Crippen LogP contribution in [0.2, 0.25) is 0 Å². The third-order valence-corrected chi connectivity index (χ3v) is 4.44. The molecule has 0 radical (unpaired) electrons. The van der Waals surface area contributed by atoms with Crippen molar-refractivity contribution in [3.8, 4) is 0 Å². The van der Waals surface area contributed by atoms with Crippen LogP contribution >= 0.6 is 22.7 Å². The number of methoxy groups -OCH3 is 1. The van der Waals surface area contributed by atoms with Gasteiger partial charge in [-0.3, -0.25) is 0 Å².